The van der Waals surface area contributed by atoms with Crippen molar-refractivity contribution in [2.75, 3.05) is 0 Å². The molecule has 0 saturated carbocycles. The second-order valence-electron chi connectivity index (χ2n) is 7.54. The standard InChI is InChI=1S/C23H32N/c1-6-11-18(5)23(8-3)21-13-10-9-12-20(21)22-16-19(17(4)7-2)14-15-24(22)23/h9-10,12-18H,6-8,11H2,1-5H3/q+1. The van der Waals surface area contributed by atoms with Crippen LogP contribution in [0.2, 0.25) is 0 Å². The lowest BCUT2D eigenvalue weighted by atomic mass is 9.75. The number of pyridine rings is 1. The molecule has 128 valence electrons. The summed E-state index contributed by atoms with van der Waals surface area (Å²) in [4.78, 5) is 0. The van der Waals surface area contributed by atoms with E-state index in [-0.39, 0.29) is 5.54 Å². The van der Waals surface area contributed by atoms with Gasteiger partial charge < -0.3 is 0 Å². The van der Waals surface area contributed by atoms with Crippen LogP contribution in [0.1, 0.15) is 77.3 Å². The molecule has 0 N–H and O–H groups in total. The van der Waals surface area contributed by atoms with Crippen molar-refractivity contribution in [3.05, 3.63) is 53.7 Å². The molecule has 0 radical (unpaired) electrons. The monoisotopic (exact) mass is 322 g/mol. The van der Waals surface area contributed by atoms with Crippen LogP contribution in [0, 0.1) is 5.92 Å². The van der Waals surface area contributed by atoms with Crippen molar-refractivity contribution in [3.63, 3.8) is 0 Å². The molecule has 2 aromatic rings. The summed E-state index contributed by atoms with van der Waals surface area (Å²) in [5.41, 5.74) is 5.94. The zero-order valence-corrected chi connectivity index (χ0v) is 16.0. The summed E-state index contributed by atoms with van der Waals surface area (Å²) in [7, 11) is 0. The van der Waals surface area contributed by atoms with Gasteiger partial charge in [0, 0.05) is 30.0 Å². The minimum atomic E-state index is 0.107. The van der Waals surface area contributed by atoms with Gasteiger partial charge in [-0.1, -0.05) is 59.2 Å². The Kier molecular flexibility index (Phi) is 4.80. The van der Waals surface area contributed by atoms with Crippen LogP contribution in [0.15, 0.2) is 42.6 Å². The van der Waals surface area contributed by atoms with E-state index in [1.807, 2.05) is 0 Å². The highest BCUT2D eigenvalue weighted by atomic mass is 15.1. The molecule has 0 saturated heterocycles. The van der Waals surface area contributed by atoms with Crippen molar-refractivity contribution in [1.29, 1.82) is 0 Å². The maximum absolute atomic E-state index is 2.59. The number of benzene rings is 1. The fraction of sp³-hybridized carbons (Fsp3) is 0.522. The van der Waals surface area contributed by atoms with E-state index in [2.05, 4.69) is 81.8 Å². The highest BCUT2D eigenvalue weighted by Gasteiger charge is 2.52. The molecule has 1 heteroatoms. The molecule has 1 aromatic heterocycles. The smallest absolute Gasteiger partial charge is 0.188 e. The van der Waals surface area contributed by atoms with Crippen molar-refractivity contribution >= 4 is 0 Å². The van der Waals surface area contributed by atoms with E-state index >= 15 is 0 Å². The molecule has 3 unspecified atom stereocenters. The molecule has 3 rings (SSSR count). The predicted octanol–water partition coefficient (Wildman–Crippen LogP) is 6.06. The molecule has 2 heterocycles. The van der Waals surface area contributed by atoms with E-state index in [1.54, 1.807) is 0 Å². The molecule has 0 fully saturated rings. The summed E-state index contributed by atoms with van der Waals surface area (Å²) in [6, 6.07) is 13.9. The number of hydrogen-bond donors (Lipinski definition) is 0. The normalized spacial score (nSPS) is 21.2. The first-order valence-electron chi connectivity index (χ1n) is 9.76. The highest BCUT2D eigenvalue weighted by Crippen LogP contribution is 2.45. The number of rotatable bonds is 6. The fourth-order valence-corrected chi connectivity index (χ4v) is 4.71. The average molecular weight is 323 g/mol. The van der Waals surface area contributed by atoms with Gasteiger partial charge in [-0.25, -0.2) is 0 Å². The number of aromatic nitrogens is 1. The third-order valence-electron chi connectivity index (χ3n) is 6.34. The Hall–Kier alpha value is -1.63. The van der Waals surface area contributed by atoms with Crippen molar-refractivity contribution in [2.45, 2.75) is 71.8 Å². The molecule has 0 amide bonds. The van der Waals surface area contributed by atoms with Gasteiger partial charge >= 0.3 is 0 Å². The van der Waals surface area contributed by atoms with Gasteiger partial charge in [0.1, 0.15) is 0 Å². The first-order valence-corrected chi connectivity index (χ1v) is 9.76. The van der Waals surface area contributed by atoms with E-state index in [1.165, 1.54) is 41.6 Å². The van der Waals surface area contributed by atoms with Crippen LogP contribution in [0.4, 0.5) is 0 Å². The molecule has 1 aromatic carbocycles. The van der Waals surface area contributed by atoms with Crippen LogP contribution in [-0.2, 0) is 5.54 Å². The van der Waals surface area contributed by atoms with Gasteiger partial charge in [-0.15, -0.1) is 0 Å². The number of fused-ring (bicyclic) bond motifs is 3. The molecular formula is C23H32N+. The fourth-order valence-electron chi connectivity index (χ4n) is 4.71. The van der Waals surface area contributed by atoms with Gasteiger partial charge in [0.25, 0.3) is 0 Å². The number of hydrogen-bond acceptors (Lipinski definition) is 0. The van der Waals surface area contributed by atoms with Crippen LogP contribution in [0.5, 0.6) is 0 Å². The maximum Gasteiger partial charge on any atom is 0.214 e. The minimum Gasteiger partial charge on any atom is -0.188 e. The molecule has 1 nitrogen and oxygen atoms in total. The van der Waals surface area contributed by atoms with Crippen molar-refractivity contribution < 1.29 is 4.57 Å². The van der Waals surface area contributed by atoms with E-state index in [0.29, 0.717) is 11.8 Å². The summed E-state index contributed by atoms with van der Waals surface area (Å²) in [5, 5.41) is 0. The lowest BCUT2D eigenvalue weighted by Gasteiger charge is -2.31. The molecule has 1 aliphatic heterocycles. The van der Waals surface area contributed by atoms with Gasteiger partial charge in [0.15, 0.2) is 11.7 Å². The lowest BCUT2D eigenvalue weighted by molar-refractivity contribution is -0.747. The molecule has 0 bridgehead atoms. The Morgan fingerprint density at radius 1 is 1.04 bits per heavy atom. The summed E-state index contributed by atoms with van der Waals surface area (Å²) >= 11 is 0. The molecule has 0 spiro atoms. The van der Waals surface area contributed by atoms with Gasteiger partial charge in [-0.05, 0) is 30.4 Å². The Morgan fingerprint density at radius 2 is 1.79 bits per heavy atom. The largest absolute Gasteiger partial charge is 0.214 e. The van der Waals surface area contributed by atoms with Gasteiger partial charge in [-0.2, -0.15) is 4.57 Å². The Balaban J connectivity index is 2.24. The Morgan fingerprint density at radius 3 is 2.46 bits per heavy atom. The molecule has 3 atom stereocenters. The lowest BCUT2D eigenvalue weighted by Crippen LogP contribution is -2.58. The van der Waals surface area contributed by atoms with Crippen molar-refractivity contribution in [2.24, 2.45) is 5.92 Å². The summed E-state index contributed by atoms with van der Waals surface area (Å²) in [5.74, 6) is 1.25. The SMILES string of the molecule is CCCC(C)C1(CC)c2ccccc2-c2cc(C(C)CC)cc[n+]21. The van der Waals surface area contributed by atoms with E-state index in [4.69, 9.17) is 0 Å². The molecule has 0 aliphatic carbocycles. The van der Waals surface area contributed by atoms with Crippen molar-refractivity contribution in [3.8, 4) is 11.3 Å². The minimum absolute atomic E-state index is 0.107. The maximum atomic E-state index is 2.59. The van der Waals surface area contributed by atoms with Crippen LogP contribution < -0.4 is 4.57 Å². The second-order valence-corrected chi connectivity index (χ2v) is 7.54. The van der Waals surface area contributed by atoms with Crippen LogP contribution >= 0.6 is 0 Å². The Labute approximate surface area is 147 Å². The van der Waals surface area contributed by atoms with Gasteiger partial charge in [0.05, 0.1) is 5.56 Å². The summed E-state index contributed by atoms with van der Waals surface area (Å²) in [6.45, 7) is 11.7. The molecule has 1 aliphatic rings. The summed E-state index contributed by atoms with van der Waals surface area (Å²) in [6.07, 6.45) is 7.21. The topological polar surface area (TPSA) is 3.88 Å². The zero-order valence-electron chi connectivity index (χ0n) is 16.0. The van der Waals surface area contributed by atoms with Gasteiger partial charge in [0.2, 0.25) is 5.69 Å². The average Bonchev–Trinajstić information content (AvgIpc) is 2.91. The zero-order chi connectivity index (χ0) is 17.3. The first kappa shape index (κ1) is 17.2. The predicted molar refractivity (Wildman–Crippen MR) is 102 cm³/mol. The van der Waals surface area contributed by atoms with Crippen LogP contribution in [0.25, 0.3) is 11.3 Å². The van der Waals surface area contributed by atoms with Crippen LogP contribution in [-0.4, -0.2) is 0 Å². The summed E-state index contributed by atoms with van der Waals surface area (Å²) < 4.78 is 2.59. The Bertz CT molecular complexity index is 718. The number of nitrogens with zero attached hydrogens (tertiary/aromatic N) is 1. The second kappa shape index (κ2) is 6.70. The van der Waals surface area contributed by atoms with Gasteiger partial charge in [-0.3, -0.25) is 0 Å². The first-order chi connectivity index (χ1) is 11.6. The molecule has 24 heavy (non-hydrogen) atoms. The quantitative estimate of drug-likeness (QED) is 0.569. The van der Waals surface area contributed by atoms with Crippen LogP contribution in [0.3, 0.4) is 0 Å². The van der Waals surface area contributed by atoms with E-state index in [9.17, 15) is 0 Å². The highest BCUT2D eigenvalue weighted by molar-refractivity contribution is 5.66. The van der Waals surface area contributed by atoms with E-state index in [0.717, 1.165) is 6.42 Å². The molecular weight excluding hydrogens is 290 g/mol. The third kappa shape index (κ3) is 2.41. The van der Waals surface area contributed by atoms with E-state index < -0.39 is 0 Å². The third-order valence-corrected chi connectivity index (χ3v) is 6.34. The van der Waals surface area contributed by atoms with Crippen molar-refractivity contribution in [1.82, 2.24) is 0 Å².